The lowest BCUT2D eigenvalue weighted by Gasteiger charge is -2.19. The van der Waals surface area contributed by atoms with Gasteiger partial charge in [0.1, 0.15) is 5.75 Å². The minimum atomic E-state index is -0.0973. The van der Waals surface area contributed by atoms with Gasteiger partial charge >= 0.3 is 0 Å². The summed E-state index contributed by atoms with van der Waals surface area (Å²) in [5, 5.41) is 2.83. The number of nitrogens with zero attached hydrogens (tertiary/aromatic N) is 1. The molecule has 1 N–H and O–H groups in total. The molecule has 122 valence electrons. The second-order valence-electron chi connectivity index (χ2n) is 5.50. The van der Waals surface area contributed by atoms with Crippen LogP contribution in [0, 0.1) is 0 Å². The molecule has 0 radical (unpaired) electrons. The molecule has 2 amide bonds. The van der Waals surface area contributed by atoms with Crippen LogP contribution in [0.3, 0.4) is 0 Å². The van der Waals surface area contributed by atoms with Crippen molar-refractivity contribution < 1.29 is 14.3 Å². The van der Waals surface area contributed by atoms with Crippen LogP contribution >= 0.6 is 0 Å². The zero-order valence-corrected chi connectivity index (χ0v) is 13.9. The van der Waals surface area contributed by atoms with Gasteiger partial charge in [0.15, 0.2) is 0 Å². The van der Waals surface area contributed by atoms with E-state index in [-0.39, 0.29) is 17.9 Å². The third kappa shape index (κ3) is 6.61. The lowest BCUT2D eigenvalue weighted by molar-refractivity contribution is -0.129. The Hall–Kier alpha value is -2.04. The summed E-state index contributed by atoms with van der Waals surface area (Å²) in [5.41, 5.74) is 0.728. The molecule has 1 rings (SSSR count). The molecule has 0 aliphatic rings. The Bertz CT molecular complexity index is 483. The van der Waals surface area contributed by atoms with Crippen LogP contribution in [0.2, 0.25) is 0 Å². The molecule has 0 heterocycles. The Kier molecular flexibility index (Phi) is 7.43. The number of carbonyl (C=O) groups excluding carboxylic acids is 2. The lowest BCUT2D eigenvalue weighted by Crippen LogP contribution is -2.32. The predicted octanol–water partition coefficient (Wildman–Crippen LogP) is 3.06. The molecule has 0 fully saturated rings. The van der Waals surface area contributed by atoms with Gasteiger partial charge in [-0.2, -0.15) is 0 Å². The normalized spacial score (nSPS) is 10.4. The van der Waals surface area contributed by atoms with Gasteiger partial charge in [0.25, 0.3) is 0 Å². The SMILES string of the molecule is CCCN(CCC(=O)Nc1ccc(OC(C)C)cc1)C(C)=O. The molecule has 0 saturated carbocycles. The number of rotatable bonds is 8. The smallest absolute Gasteiger partial charge is 0.226 e. The molecule has 0 saturated heterocycles. The second kappa shape index (κ2) is 9.07. The second-order valence-corrected chi connectivity index (χ2v) is 5.50. The van der Waals surface area contributed by atoms with E-state index in [9.17, 15) is 9.59 Å². The van der Waals surface area contributed by atoms with E-state index >= 15 is 0 Å². The summed E-state index contributed by atoms with van der Waals surface area (Å²) in [5.74, 6) is 0.684. The first kappa shape index (κ1) is 18.0. The molecule has 0 aliphatic heterocycles. The zero-order valence-electron chi connectivity index (χ0n) is 13.9. The van der Waals surface area contributed by atoms with Gasteiger partial charge in [-0.3, -0.25) is 9.59 Å². The largest absolute Gasteiger partial charge is 0.491 e. The number of benzene rings is 1. The van der Waals surface area contributed by atoms with Gasteiger partial charge in [-0.15, -0.1) is 0 Å². The Balaban J connectivity index is 2.46. The highest BCUT2D eigenvalue weighted by molar-refractivity contribution is 5.91. The van der Waals surface area contributed by atoms with Gasteiger partial charge in [-0.05, 0) is 44.5 Å². The van der Waals surface area contributed by atoms with Crippen molar-refractivity contribution in [1.82, 2.24) is 4.90 Å². The minimum absolute atomic E-state index is 0.00448. The van der Waals surface area contributed by atoms with Gasteiger partial charge in [0.05, 0.1) is 6.10 Å². The molecule has 0 aromatic heterocycles. The molecule has 0 atom stereocenters. The van der Waals surface area contributed by atoms with Crippen molar-refractivity contribution in [3.05, 3.63) is 24.3 Å². The first-order valence-corrected chi connectivity index (χ1v) is 7.74. The van der Waals surface area contributed by atoms with Crippen LogP contribution in [0.4, 0.5) is 5.69 Å². The van der Waals surface area contributed by atoms with Crippen LogP contribution in [0.15, 0.2) is 24.3 Å². The van der Waals surface area contributed by atoms with E-state index in [1.165, 1.54) is 6.92 Å². The summed E-state index contributed by atoms with van der Waals surface area (Å²) in [6, 6.07) is 7.28. The van der Waals surface area contributed by atoms with Crippen molar-refractivity contribution in [1.29, 1.82) is 0 Å². The fourth-order valence-electron chi connectivity index (χ4n) is 2.05. The van der Waals surface area contributed by atoms with E-state index in [1.807, 2.05) is 45.0 Å². The van der Waals surface area contributed by atoms with Crippen LogP contribution in [-0.2, 0) is 9.59 Å². The van der Waals surface area contributed by atoms with Crippen molar-refractivity contribution in [2.24, 2.45) is 0 Å². The molecule has 0 unspecified atom stereocenters. The molecule has 1 aromatic rings. The van der Waals surface area contributed by atoms with E-state index in [1.54, 1.807) is 4.90 Å². The summed E-state index contributed by atoms with van der Waals surface area (Å²) in [6.07, 6.45) is 1.30. The number of ether oxygens (including phenoxy) is 1. The monoisotopic (exact) mass is 306 g/mol. The molecular formula is C17H26N2O3. The van der Waals surface area contributed by atoms with E-state index in [0.717, 1.165) is 17.9 Å². The van der Waals surface area contributed by atoms with Crippen LogP contribution in [0.25, 0.3) is 0 Å². The quantitative estimate of drug-likeness (QED) is 0.803. The molecule has 0 spiro atoms. The van der Waals surface area contributed by atoms with Gasteiger partial charge in [0.2, 0.25) is 11.8 Å². The third-order valence-electron chi connectivity index (χ3n) is 3.06. The van der Waals surface area contributed by atoms with Crippen molar-refractivity contribution >= 4 is 17.5 Å². The Morgan fingerprint density at radius 2 is 1.82 bits per heavy atom. The average Bonchev–Trinajstić information content (AvgIpc) is 2.44. The number of carbonyl (C=O) groups is 2. The molecule has 0 bridgehead atoms. The maximum atomic E-state index is 11.9. The van der Waals surface area contributed by atoms with Crippen molar-refractivity contribution in [3.63, 3.8) is 0 Å². The van der Waals surface area contributed by atoms with E-state index in [4.69, 9.17) is 4.74 Å². The standard InChI is InChI=1S/C17H26N2O3/c1-5-11-19(14(4)20)12-10-17(21)18-15-6-8-16(9-7-15)22-13(2)3/h6-9,13H,5,10-12H2,1-4H3,(H,18,21). The summed E-state index contributed by atoms with van der Waals surface area (Å²) < 4.78 is 5.55. The van der Waals surface area contributed by atoms with E-state index in [0.29, 0.717) is 19.5 Å². The van der Waals surface area contributed by atoms with E-state index < -0.39 is 0 Å². The van der Waals surface area contributed by atoms with Crippen molar-refractivity contribution in [3.8, 4) is 5.75 Å². The molecular weight excluding hydrogens is 280 g/mol. The maximum Gasteiger partial charge on any atom is 0.226 e. The Labute approximate surface area is 132 Å². The topological polar surface area (TPSA) is 58.6 Å². The van der Waals surface area contributed by atoms with Gasteiger partial charge in [-0.25, -0.2) is 0 Å². The highest BCUT2D eigenvalue weighted by Gasteiger charge is 2.10. The summed E-state index contributed by atoms with van der Waals surface area (Å²) in [7, 11) is 0. The van der Waals surface area contributed by atoms with Crippen LogP contribution < -0.4 is 10.1 Å². The maximum absolute atomic E-state index is 11.9. The molecule has 5 nitrogen and oxygen atoms in total. The van der Waals surface area contributed by atoms with Crippen LogP contribution in [-0.4, -0.2) is 35.9 Å². The summed E-state index contributed by atoms with van der Waals surface area (Å²) in [4.78, 5) is 25.0. The molecule has 22 heavy (non-hydrogen) atoms. The fourth-order valence-corrected chi connectivity index (χ4v) is 2.05. The third-order valence-corrected chi connectivity index (χ3v) is 3.06. The van der Waals surface area contributed by atoms with Crippen LogP contribution in [0.5, 0.6) is 5.75 Å². The lowest BCUT2D eigenvalue weighted by atomic mass is 10.2. The summed E-state index contributed by atoms with van der Waals surface area (Å²) in [6.45, 7) is 8.60. The molecule has 1 aromatic carbocycles. The van der Waals surface area contributed by atoms with Gasteiger partial charge in [-0.1, -0.05) is 6.92 Å². The number of hydrogen-bond acceptors (Lipinski definition) is 3. The average molecular weight is 306 g/mol. The number of anilines is 1. The fraction of sp³-hybridized carbons (Fsp3) is 0.529. The first-order chi connectivity index (χ1) is 10.4. The number of nitrogens with one attached hydrogen (secondary N) is 1. The number of amides is 2. The van der Waals surface area contributed by atoms with Gasteiger partial charge in [0, 0.05) is 32.1 Å². The van der Waals surface area contributed by atoms with E-state index in [2.05, 4.69) is 5.32 Å². The molecule has 0 aliphatic carbocycles. The predicted molar refractivity (Wildman–Crippen MR) is 88.0 cm³/mol. The highest BCUT2D eigenvalue weighted by atomic mass is 16.5. The Morgan fingerprint density at radius 3 is 2.32 bits per heavy atom. The van der Waals surface area contributed by atoms with Gasteiger partial charge < -0.3 is 15.0 Å². The van der Waals surface area contributed by atoms with Crippen molar-refractivity contribution in [2.75, 3.05) is 18.4 Å². The molecule has 5 heteroatoms. The van der Waals surface area contributed by atoms with Crippen LogP contribution in [0.1, 0.15) is 40.5 Å². The summed E-state index contributed by atoms with van der Waals surface area (Å²) >= 11 is 0. The number of hydrogen-bond donors (Lipinski definition) is 1. The minimum Gasteiger partial charge on any atom is -0.491 e. The first-order valence-electron chi connectivity index (χ1n) is 7.74. The Morgan fingerprint density at radius 1 is 1.18 bits per heavy atom. The van der Waals surface area contributed by atoms with Crippen molar-refractivity contribution in [2.45, 2.75) is 46.6 Å². The highest BCUT2D eigenvalue weighted by Crippen LogP contribution is 2.17. The zero-order chi connectivity index (χ0) is 16.5.